The van der Waals surface area contributed by atoms with Crippen LogP contribution in [0.15, 0.2) is 30.5 Å². The van der Waals surface area contributed by atoms with Crippen LogP contribution in [0, 0.1) is 13.8 Å². The van der Waals surface area contributed by atoms with Gasteiger partial charge in [0, 0.05) is 30.2 Å². The van der Waals surface area contributed by atoms with Crippen LogP contribution in [0.25, 0.3) is 0 Å². The van der Waals surface area contributed by atoms with Crippen LogP contribution in [-0.4, -0.2) is 39.2 Å². The number of carbonyl (C=O) groups is 1. The Bertz CT molecular complexity index is 891. The van der Waals surface area contributed by atoms with Gasteiger partial charge in [-0.2, -0.15) is 0 Å². The number of esters is 1. The van der Waals surface area contributed by atoms with Gasteiger partial charge < -0.3 is 19.5 Å². The van der Waals surface area contributed by atoms with E-state index < -0.39 is 0 Å². The lowest BCUT2D eigenvalue weighted by Crippen LogP contribution is -2.32. The normalized spacial score (nSPS) is 21.7. The maximum absolute atomic E-state index is 11.8. The molecular formula is C21H26N4O2S. The molecule has 0 unspecified atom stereocenters. The Kier molecular flexibility index (Phi) is 5.10. The van der Waals surface area contributed by atoms with Gasteiger partial charge in [-0.05, 0) is 62.7 Å². The van der Waals surface area contributed by atoms with Crippen LogP contribution in [0.2, 0.25) is 0 Å². The Labute approximate surface area is 170 Å². The standard InChI is InChI=1S/C21H26N4O2S/c1-13-12-16(14(2)25(13)15-7-8-15)20-19(17-6-4-5-10-22-17)23-21(28)24(20)11-9-18(26)27-3/h4-6,10,12,15,19-20H,7-9,11H2,1-3H3,(H,23,28)/t19-,20-/m0/s1. The lowest BCUT2D eigenvalue weighted by atomic mass is 9.96. The molecule has 4 rings (SSSR count). The van der Waals surface area contributed by atoms with Crippen LogP contribution in [0.3, 0.4) is 0 Å². The van der Waals surface area contributed by atoms with Gasteiger partial charge in [0.1, 0.15) is 0 Å². The summed E-state index contributed by atoms with van der Waals surface area (Å²) in [5.41, 5.74) is 4.75. The Morgan fingerprint density at radius 2 is 2.14 bits per heavy atom. The average molecular weight is 399 g/mol. The van der Waals surface area contributed by atoms with Crippen molar-refractivity contribution in [2.75, 3.05) is 13.7 Å². The van der Waals surface area contributed by atoms with Crippen LogP contribution < -0.4 is 5.32 Å². The van der Waals surface area contributed by atoms with Gasteiger partial charge in [-0.25, -0.2) is 0 Å². The van der Waals surface area contributed by atoms with Crippen LogP contribution in [0.5, 0.6) is 0 Å². The molecule has 1 N–H and O–H groups in total. The van der Waals surface area contributed by atoms with Crippen molar-refractivity contribution < 1.29 is 9.53 Å². The van der Waals surface area contributed by atoms with Crippen molar-refractivity contribution in [3.05, 3.63) is 53.1 Å². The van der Waals surface area contributed by atoms with E-state index in [-0.39, 0.29) is 18.1 Å². The molecule has 2 aromatic rings. The fourth-order valence-electron chi connectivity index (χ4n) is 4.30. The summed E-state index contributed by atoms with van der Waals surface area (Å²) >= 11 is 5.66. The summed E-state index contributed by atoms with van der Waals surface area (Å²) in [4.78, 5) is 18.5. The van der Waals surface area contributed by atoms with Crippen molar-refractivity contribution in [1.29, 1.82) is 0 Å². The summed E-state index contributed by atoms with van der Waals surface area (Å²) in [5.74, 6) is -0.230. The van der Waals surface area contributed by atoms with Gasteiger partial charge in [0.05, 0.1) is 31.3 Å². The van der Waals surface area contributed by atoms with Crippen LogP contribution in [0.4, 0.5) is 0 Å². The predicted octanol–water partition coefficient (Wildman–Crippen LogP) is 3.37. The van der Waals surface area contributed by atoms with E-state index in [0.29, 0.717) is 24.1 Å². The molecule has 2 aliphatic rings. The highest BCUT2D eigenvalue weighted by molar-refractivity contribution is 7.80. The van der Waals surface area contributed by atoms with E-state index in [2.05, 4.69) is 39.7 Å². The fraction of sp³-hybridized carbons (Fsp3) is 0.476. The second kappa shape index (κ2) is 7.54. The van der Waals surface area contributed by atoms with Gasteiger partial charge in [0.15, 0.2) is 5.11 Å². The van der Waals surface area contributed by atoms with Gasteiger partial charge in [0.25, 0.3) is 0 Å². The summed E-state index contributed by atoms with van der Waals surface area (Å²) in [6, 6.07) is 8.76. The van der Waals surface area contributed by atoms with Gasteiger partial charge >= 0.3 is 5.97 Å². The third kappa shape index (κ3) is 3.39. The van der Waals surface area contributed by atoms with Crippen molar-refractivity contribution in [3.8, 4) is 0 Å². The number of hydrogen-bond acceptors (Lipinski definition) is 4. The molecule has 1 saturated heterocycles. The molecule has 148 valence electrons. The minimum atomic E-state index is -0.230. The number of nitrogens with zero attached hydrogens (tertiary/aromatic N) is 3. The summed E-state index contributed by atoms with van der Waals surface area (Å²) in [6.07, 6.45) is 4.59. The van der Waals surface area contributed by atoms with Crippen LogP contribution in [0.1, 0.15) is 60.0 Å². The summed E-state index contributed by atoms with van der Waals surface area (Å²) in [5, 5.41) is 4.10. The lowest BCUT2D eigenvalue weighted by Gasteiger charge is -2.28. The Morgan fingerprint density at radius 3 is 2.79 bits per heavy atom. The van der Waals surface area contributed by atoms with Gasteiger partial charge in [-0.15, -0.1) is 0 Å². The fourth-order valence-corrected chi connectivity index (χ4v) is 4.63. The van der Waals surface area contributed by atoms with Crippen molar-refractivity contribution >= 4 is 23.3 Å². The number of aromatic nitrogens is 2. The predicted molar refractivity (Wildman–Crippen MR) is 111 cm³/mol. The first-order valence-corrected chi connectivity index (χ1v) is 10.1. The van der Waals surface area contributed by atoms with E-state index in [1.165, 1.54) is 36.9 Å². The smallest absolute Gasteiger partial charge is 0.307 e. The van der Waals surface area contributed by atoms with Crippen molar-refractivity contribution in [2.24, 2.45) is 0 Å². The minimum absolute atomic E-state index is 0.00856. The number of thiocarbonyl (C=S) groups is 1. The Balaban J connectivity index is 1.73. The second-order valence-electron chi connectivity index (χ2n) is 7.57. The highest BCUT2D eigenvalue weighted by atomic mass is 32.1. The molecule has 0 spiro atoms. The monoisotopic (exact) mass is 398 g/mol. The molecule has 0 radical (unpaired) electrons. The number of nitrogens with one attached hydrogen (secondary N) is 1. The number of ether oxygens (including phenoxy) is 1. The molecular weight excluding hydrogens is 372 g/mol. The molecule has 0 aromatic carbocycles. The third-order valence-corrected chi connectivity index (χ3v) is 6.09. The highest BCUT2D eigenvalue weighted by Crippen LogP contribution is 2.44. The molecule has 2 aromatic heterocycles. The topological polar surface area (TPSA) is 59.4 Å². The van der Waals surface area contributed by atoms with E-state index in [1.54, 1.807) is 0 Å². The molecule has 28 heavy (non-hydrogen) atoms. The second-order valence-corrected chi connectivity index (χ2v) is 7.96. The molecule has 6 nitrogen and oxygen atoms in total. The Hall–Kier alpha value is -2.41. The molecule has 0 amide bonds. The first kappa shape index (κ1) is 18.9. The SMILES string of the molecule is COC(=O)CCN1C(=S)N[C@@H](c2ccccn2)[C@@H]1c1cc(C)n(C2CC2)c1C. The van der Waals surface area contributed by atoms with Gasteiger partial charge in [0.2, 0.25) is 0 Å². The van der Waals surface area contributed by atoms with E-state index >= 15 is 0 Å². The van der Waals surface area contributed by atoms with Crippen LogP contribution in [-0.2, 0) is 9.53 Å². The van der Waals surface area contributed by atoms with E-state index in [1.807, 2.05) is 24.4 Å². The summed E-state index contributed by atoms with van der Waals surface area (Å²) in [6.45, 7) is 4.87. The number of rotatable bonds is 6. The summed E-state index contributed by atoms with van der Waals surface area (Å²) < 4.78 is 7.29. The zero-order valence-corrected chi connectivity index (χ0v) is 17.3. The molecule has 0 bridgehead atoms. The Morgan fingerprint density at radius 1 is 1.36 bits per heavy atom. The number of pyridine rings is 1. The van der Waals surface area contributed by atoms with Gasteiger partial charge in [-0.3, -0.25) is 9.78 Å². The molecule has 1 aliphatic carbocycles. The first-order chi connectivity index (χ1) is 13.5. The maximum atomic E-state index is 11.8. The quantitative estimate of drug-likeness (QED) is 0.595. The van der Waals surface area contributed by atoms with E-state index in [0.717, 1.165) is 5.69 Å². The van der Waals surface area contributed by atoms with Crippen LogP contribution >= 0.6 is 12.2 Å². The number of aryl methyl sites for hydroxylation is 1. The number of carbonyl (C=O) groups excluding carboxylic acids is 1. The molecule has 1 saturated carbocycles. The molecule has 2 fully saturated rings. The highest BCUT2D eigenvalue weighted by Gasteiger charge is 2.42. The molecule has 1 aliphatic heterocycles. The van der Waals surface area contributed by atoms with Crippen molar-refractivity contribution in [2.45, 2.75) is 51.2 Å². The third-order valence-electron chi connectivity index (χ3n) is 5.74. The number of methoxy groups -OCH3 is 1. The zero-order valence-electron chi connectivity index (χ0n) is 16.5. The lowest BCUT2D eigenvalue weighted by molar-refractivity contribution is -0.140. The first-order valence-electron chi connectivity index (χ1n) is 9.74. The van der Waals surface area contributed by atoms with Gasteiger partial charge in [-0.1, -0.05) is 6.07 Å². The maximum Gasteiger partial charge on any atom is 0.307 e. The summed E-state index contributed by atoms with van der Waals surface area (Å²) in [7, 11) is 1.42. The van der Waals surface area contributed by atoms with E-state index in [9.17, 15) is 4.79 Å². The molecule has 7 heteroatoms. The largest absolute Gasteiger partial charge is 0.469 e. The number of hydrogen-bond donors (Lipinski definition) is 1. The van der Waals surface area contributed by atoms with Crippen molar-refractivity contribution in [1.82, 2.24) is 19.8 Å². The average Bonchev–Trinajstić information content (AvgIpc) is 3.41. The molecule has 3 heterocycles. The molecule has 2 atom stereocenters. The van der Waals surface area contributed by atoms with E-state index in [4.69, 9.17) is 17.0 Å². The van der Waals surface area contributed by atoms with Crippen molar-refractivity contribution in [3.63, 3.8) is 0 Å². The minimum Gasteiger partial charge on any atom is -0.469 e. The zero-order chi connectivity index (χ0) is 19.8.